The van der Waals surface area contributed by atoms with Gasteiger partial charge in [-0.1, -0.05) is 27.2 Å². The molecule has 0 aliphatic rings. The fourth-order valence-electron chi connectivity index (χ4n) is 1.32. The van der Waals surface area contributed by atoms with Crippen LogP contribution in [-0.2, 0) is 9.53 Å². The molecule has 0 fully saturated rings. The van der Waals surface area contributed by atoms with E-state index < -0.39 is 18.1 Å². The first kappa shape index (κ1) is 14.7. The van der Waals surface area contributed by atoms with E-state index in [9.17, 15) is 9.59 Å². The van der Waals surface area contributed by atoms with E-state index in [4.69, 9.17) is 9.84 Å². The Morgan fingerprint density at radius 1 is 1.31 bits per heavy atom. The predicted molar refractivity (Wildman–Crippen MR) is 60.2 cm³/mol. The van der Waals surface area contributed by atoms with Crippen molar-refractivity contribution < 1.29 is 19.4 Å². The Hall–Kier alpha value is -1.26. The molecule has 5 nitrogen and oxygen atoms in total. The summed E-state index contributed by atoms with van der Waals surface area (Å²) in [6.07, 6.45) is 0.835. The lowest BCUT2D eigenvalue weighted by molar-refractivity contribution is -0.140. The molecule has 0 heterocycles. The van der Waals surface area contributed by atoms with Gasteiger partial charge in [-0.05, 0) is 19.3 Å². The van der Waals surface area contributed by atoms with Crippen molar-refractivity contribution in [2.24, 2.45) is 5.92 Å². The van der Waals surface area contributed by atoms with Crippen LogP contribution in [0.3, 0.4) is 0 Å². The maximum atomic E-state index is 11.4. The quantitative estimate of drug-likeness (QED) is 0.733. The summed E-state index contributed by atoms with van der Waals surface area (Å²) in [5, 5.41) is 11.2. The summed E-state index contributed by atoms with van der Waals surface area (Å²) in [6, 6.07) is -0.902. The lowest BCUT2D eigenvalue weighted by Gasteiger charge is -2.19. The third kappa shape index (κ3) is 5.58. The number of rotatable bonds is 6. The van der Waals surface area contributed by atoms with Crippen LogP contribution in [0.15, 0.2) is 0 Å². The number of carbonyl (C=O) groups excluding carboxylic acids is 1. The number of hydrogen-bond donors (Lipinski definition) is 2. The van der Waals surface area contributed by atoms with E-state index >= 15 is 0 Å². The van der Waals surface area contributed by atoms with E-state index in [1.165, 1.54) is 0 Å². The van der Waals surface area contributed by atoms with Crippen LogP contribution in [0.25, 0.3) is 0 Å². The van der Waals surface area contributed by atoms with Gasteiger partial charge in [0.05, 0.1) is 0 Å². The van der Waals surface area contributed by atoms with Crippen molar-refractivity contribution in [1.82, 2.24) is 5.32 Å². The minimum Gasteiger partial charge on any atom is -0.480 e. The number of amides is 1. The monoisotopic (exact) mass is 231 g/mol. The third-order valence-electron chi connectivity index (χ3n) is 2.21. The van der Waals surface area contributed by atoms with Crippen LogP contribution in [0.1, 0.15) is 40.5 Å². The third-order valence-corrected chi connectivity index (χ3v) is 2.21. The van der Waals surface area contributed by atoms with E-state index in [1.54, 1.807) is 20.8 Å². The lowest BCUT2D eigenvalue weighted by Crippen LogP contribution is -2.45. The van der Waals surface area contributed by atoms with Gasteiger partial charge in [0.15, 0.2) is 0 Å². The van der Waals surface area contributed by atoms with Gasteiger partial charge in [-0.2, -0.15) is 0 Å². The Morgan fingerprint density at radius 3 is 2.25 bits per heavy atom. The number of carboxylic acids is 1. The van der Waals surface area contributed by atoms with Crippen molar-refractivity contribution in [2.45, 2.75) is 52.7 Å². The fourth-order valence-corrected chi connectivity index (χ4v) is 1.32. The van der Waals surface area contributed by atoms with Gasteiger partial charge in [-0.25, -0.2) is 9.59 Å². The van der Waals surface area contributed by atoms with Crippen LogP contribution in [-0.4, -0.2) is 29.3 Å². The number of ether oxygens (including phenoxy) is 1. The maximum Gasteiger partial charge on any atom is 0.408 e. The second kappa shape index (κ2) is 7.09. The summed E-state index contributed by atoms with van der Waals surface area (Å²) in [5.41, 5.74) is 0. The molecule has 0 spiro atoms. The zero-order chi connectivity index (χ0) is 12.7. The van der Waals surface area contributed by atoms with Gasteiger partial charge in [0.1, 0.15) is 12.1 Å². The number of aliphatic carboxylic acids is 1. The number of nitrogens with one attached hydrogen (secondary N) is 1. The van der Waals surface area contributed by atoms with Crippen LogP contribution < -0.4 is 5.32 Å². The molecule has 0 aromatic carbocycles. The van der Waals surface area contributed by atoms with Crippen molar-refractivity contribution in [1.29, 1.82) is 0 Å². The molecule has 0 rings (SSSR count). The van der Waals surface area contributed by atoms with Gasteiger partial charge >= 0.3 is 12.1 Å². The molecule has 16 heavy (non-hydrogen) atoms. The number of alkyl carbamates (subject to hydrolysis) is 1. The first-order chi connectivity index (χ1) is 7.38. The summed E-state index contributed by atoms with van der Waals surface area (Å²) in [6.45, 7) is 7.24. The molecule has 0 radical (unpaired) electrons. The number of hydrogen-bond acceptors (Lipinski definition) is 3. The average molecular weight is 231 g/mol. The zero-order valence-electron chi connectivity index (χ0n) is 10.3. The Kier molecular flexibility index (Phi) is 6.53. The van der Waals surface area contributed by atoms with E-state index in [0.717, 1.165) is 12.8 Å². The van der Waals surface area contributed by atoms with Crippen LogP contribution in [0, 0.1) is 5.92 Å². The standard InChI is InChI=1S/C11H21NO4/c1-5-6-8(4)16-11(15)12-9(7(2)3)10(13)14/h7-9H,5-6H2,1-4H3,(H,12,15)(H,13,14). The second-order valence-corrected chi connectivity index (χ2v) is 4.21. The van der Waals surface area contributed by atoms with Crippen LogP contribution in [0.2, 0.25) is 0 Å². The molecule has 0 bridgehead atoms. The van der Waals surface area contributed by atoms with Crippen molar-refractivity contribution in [3.63, 3.8) is 0 Å². The number of carboxylic acid groups (broad SMARTS) is 1. The highest BCUT2D eigenvalue weighted by molar-refractivity contribution is 5.80. The summed E-state index contributed by atoms with van der Waals surface area (Å²) < 4.78 is 5.01. The summed E-state index contributed by atoms with van der Waals surface area (Å²) in [4.78, 5) is 22.2. The first-order valence-electron chi connectivity index (χ1n) is 5.58. The van der Waals surface area contributed by atoms with E-state index in [0.29, 0.717) is 0 Å². The normalized spacial score (nSPS) is 14.3. The largest absolute Gasteiger partial charge is 0.480 e. The highest BCUT2D eigenvalue weighted by atomic mass is 16.6. The highest BCUT2D eigenvalue weighted by Crippen LogP contribution is 2.05. The van der Waals surface area contributed by atoms with E-state index in [-0.39, 0.29) is 12.0 Å². The summed E-state index contributed by atoms with van der Waals surface area (Å²) in [5.74, 6) is -1.22. The molecule has 2 unspecified atom stereocenters. The highest BCUT2D eigenvalue weighted by Gasteiger charge is 2.24. The van der Waals surface area contributed by atoms with Gasteiger partial charge in [-0.3, -0.25) is 0 Å². The van der Waals surface area contributed by atoms with E-state index in [1.807, 2.05) is 6.92 Å². The predicted octanol–water partition coefficient (Wildman–Crippen LogP) is 2.01. The molecule has 0 aromatic heterocycles. The average Bonchev–Trinajstić information content (AvgIpc) is 2.13. The van der Waals surface area contributed by atoms with Crippen LogP contribution >= 0.6 is 0 Å². The lowest BCUT2D eigenvalue weighted by atomic mass is 10.1. The zero-order valence-corrected chi connectivity index (χ0v) is 10.3. The van der Waals surface area contributed by atoms with Crippen molar-refractivity contribution >= 4 is 12.1 Å². The minimum absolute atomic E-state index is 0.175. The smallest absolute Gasteiger partial charge is 0.408 e. The van der Waals surface area contributed by atoms with Gasteiger partial charge < -0.3 is 15.2 Å². The number of carbonyl (C=O) groups is 2. The molecule has 0 aromatic rings. The molecule has 1 amide bonds. The first-order valence-corrected chi connectivity index (χ1v) is 5.58. The Bertz CT molecular complexity index is 240. The summed E-state index contributed by atoms with van der Waals surface area (Å²) >= 11 is 0. The molecular formula is C11H21NO4. The van der Waals surface area contributed by atoms with Crippen molar-refractivity contribution in [2.75, 3.05) is 0 Å². The molecule has 2 N–H and O–H groups in total. The minimum atomic E-state index is -1.05. The topological polar surface area (TPSA) is 75.6 Å². The molecule has 0 saturated carbocycles. The molecule has 94 valence electrons. The Labute approximate surface area is 96.2 Å². The van der Waals surface area contributed by atoms with E-state index in [2.05, 4.69) is 5.32 Å². The molecule has 0 aliphatic carbocycles. The summed E-state index contributed by atoms with van der Waals surface area (Å²) in [7, 11) is 0. The molecule has 0 aliphatic heterocycles. The Balaban J connectivity index is 4.15. The maximum absolute atomic E-state index is 11.4. The Morgan fingerprint density at radius 2 is 1.88 bits per heavy atom. The van der Waals surface area contributed by atoms with Gasteiger partial charge in [-0.15, -0.1) is 0 Å². The van der Waals surface area contributed by atoms with Crippen LogP contribution in [0.4, 0.5) is 4.79 Å². The van der Waals surface area contributed by atoms with Crippen LogP contribution in [0.5, 0.6) is 0 Å². The van der Waals surface area contributed by atoms with Crippen molar-refractivity contribution in [3.8, 4) is 0 Å². The molecule has 5 heteroatoms. The van der Waals surface area contributed by atoms with Gasteiger partial charge in [0.25, 0.3) is 0 Å². The van der Waals surface area contributed by atoms with Gasteiger partial charge in [0, 0.05) is 0 Å². The van der Waals surface area contributed by atoms with Gasteiger partial charge in [0.2, 0.25) is 0 Å². The SMILES string of the molecule is CCCC(C)OC(=O)NC(C(=O)O)C(C)C. The molecule has 2 atom stereocenters. The molecular weight excluding hydrogens is 210 g/mol. The molecule has 0 saturated heterocycles. The van der Waals surface area contributed by atoms with Crippen molar-refractivity contribution in [3.05, 3.63) is 0 Å². The fraction of sp³-hybridized carbons (Fsp3) is 0.818. The second-order valence-electron chi connectivity index (χ2n) is 4.21.